The smallest absolute Gasteiger partial charge is 0.258 e. The van der Waals surface area contributed by atoms with Crippen LogP contribution in [0, 0.1) is 5.92 Å². The van der Waals surface area contributed by atoms with Crippen molar-refractivity contribution in [1.82, 2.24) is 5.32 Å². The number of carbonyl (C=O) groups is 1. The van der Waals surface area contributed by atoms with Crippen LogP contribution >= 0.6 is 0 Å². The van der Waals surface area contributed by atoms with Gasteiger partial charge in [-0.15, -0.1) is 0 Å². The molecule has 0 spiro atoms. The zero-order valence-corrected chi connectivity index (χ0v) is 13.5. The highest BCUT2D eigenvalue weighted by Crippen LogP contribution is 2.21. The molecule has 2 atom stereocenters. The molecule has 2 aromatic rings. The number of hydrogen-bond donors (Lipinski definition) is 1. The standard InChI is InChI=1S/C20H23NO2/c1-15(16-7-3-2-4-8-16)21-20(22)14-23-19-12-11-17-9-5-6-10-18(17)13-19/h3,5-7,9-13,15-16H,2,4,8,14H2,1H3,(H,21,22). The number of allylic oxidation sites excluding steroid dienone is 1. The Morgan fingerprint density at radius 1 is 1.26 bits per heavy atom. The Balaban J connectivity index is 1.53. The van der Waals surface area contributed by atoms with Crippen LogP contribution in [0.3, 0.4) is 0 Å². The molecule has 120 valence electrons. The van der Waals surface area contributed by atoms with Gasteiger partial charge in [-0.1, -0.05) is 42.5 Å². The molecule has 0 fully saturated rings. The van der Waals surface area contributed by atoms with Gasteiger partial charge in [0.1, 0.15) is 5.75 Å². The van der Waals surface area contributed by atoms with E-state index in [0.29, 0.717) is 5.92 Å². The summed E-state index contributed by atoms with van der Waals surface area (Å²) in [5.74, 6) is 1.10. The maximum Gasteiger partial charge on any atom is 0.258 e. The van der Waals surface area contributed by atoms with Gasteiger partial charge in [-0.3, -0.25) is 4.79 Å². The molecule has 23 heavy (non-hydrogen) atoms. The number of rotatable bonds is 5. The van der Waals surface area contributed by atoms with E-state index < -0.39 is 0 Å². The minimum absolute atomic E-state index is 0.0547. The van der Waals surface area contributed by atoms with Gasteiger partial charge in [-0.25, -0.2) is 0 Å². The molecule has 1 amide bonds. The molecule has 1 aliphatic carbocycles. The first kappa shape index (κ1) is 15.6. The second kappa shape index (κ2) is 7.32. The van der Waals surface area contributed by atoms with Crippen LogP contribution in [0.4, 0.5) is 0 Å². The Hall–Kier alpha value is -2.29. The summed E-state index contributed by atoms with van der Waals surface area (Å²) in [7, 11) is 0. The molecule has 2 unspecified atom stereocenters. The fraction of sp³-hybridized carbons (Fsp3) is 0.350. The molecule has 3 heteroatoms. The summed E-state index contributed by atoms with van der Waals surface area (Å²) in [5, 5.41) is 5.33. The van der Waals surface area contributed by atoms with Crippen LogP contribution in [-0.2, 0) is 4.79 Å². The van der Waals surface area contributed by atoms with Gasteiger partial charge >= 0.3 is 0 Å². The summed E-state index contributed by atoms with van der Waals surface area (Å²) in [6, 6.07) is 14.1. The van der Waals surface area contributed by atoms with Crippen molar-refractivity contribution in [3.63, 3.8) is 0 Å². The first-order chi connectivity index (χ1) is 11.2. The average molecular weight is 309 g/mol. The van der Waals surface area contributed by atoms with Gasteiger partial charge in [-0.2, -0.15) is 0 Å². The van der Waals surface area contributed by atoms with E-state index in [-0.39, 0.29) is 18.6 Å². The van der Waals surface area contributed by atoms with Crippen LogP contribution in [0.2, 0.25) is 0 Å². The summed E-state index contributed by atoms with van der Waals surface area (Å²) >= 11 is 0. The van der Waals surface area contributed by atoms with Crippen LogP contribution in [0.25, 0.3) is 10.8 Å². The topological polar surface area (TPSA) is 38.3 Å². The zero-order chi connectivity index (χ0) is 16.1. The normalized spacial score (nSPS) is 18.6. The molecule has 0 radical (unpaired) electrons. The average Bonchev–Trinajstić information content (AvgIpc) is 2.60. The Kier molecular flexibility index (Phi) is 4.96. The molecular weight excluding hydrogens is 286 g/mol. The molecular formula is C20H23NO2. The van der Waals surface area contributed by atoms with Crippen molar-refractivity contribution in [2.45, 2.75) is 32.2 Å². The van der Waals surface area contributed by atoms with Crippen molar-refractivity contribution in [2.75, 3.05) is 6.61 Å². The fourth-order valence-corrected chi connectivity index (χ4v) is 3.06. The van der Waals surface area contributed by atoms with Gasteiger partial charge in [0.05, 0.1) is 0 Å². The highest BCUT2D eigenvalue weighted by Gasteiger charge is 2.18. The predicted molar refractivity (Wildman–Crippen MR) is 93.5 cm³/mol. The molecule has 3 rings (SSSR count). The number of fused-ring (bicyclic) bond motifs is 1. The highest BCUT2D eigenvalue weighted by molar-refractivity contribution is 5.84. The number of benzene rings is 2. The quantitative estimate of drug-likeness (QED) is 0.845. The highest BCUT2D eigenvalue weighted by atomic mass is 16.5. The Morgan fingerprint density at radius 3 is 2.87 bits per heavy atom. The third-order valence-electron chi connectivity index (χ3n) is 4.41. The SMILES string of the molecule is CC(NC(=O)COc1ccc2ccccc2c1)C1C=CCCC1. The molecule has 0 saturated carbocycles. The summed E-state index contributed by atoms with van der Waals surface area (Å²) < 4.78 is 5.63. The molecule has 3 nitrogen and oxygen atoms in total. The van der Waals surface area contributed by atoms with Crippen LogP contribution < -0.4 is 10.1 Å². The Labute approximate surface area is 137 Å². The monoisotopic (exact) mass is 309 g/mol. The fourth-order valence-electron chi connectivity index (χ4n) is 3.06. The molecule has 0 aliphatic heterocycles. The summed E-state index contributed by atoms with van der Waals surface area (Å²) in [5.41, 5.74) is 0. The third kappa shape index (κ3) is 4.13. The van der Waals surface area contributed by atoms with Gasteiger partial charge in [0.25, 0.3) is 5.91 Å². The van der Waals surface area contributed by atoms with E-state index in [9.17, 15) is 4.79 Å². The van der Waals surface area contributed by atoms with Crippen molar-refractivity contribution >= 4 is 16.7 Å². The Morgan fingerprint density at radius 2 is 2.09 bits per heavy atom. The van der Waals surface area contributed by atoms with Crippen LogP contribution in [0.5, 0.6) is 5.75 Å². The maximum atomic E-state index is 12.1. The lowest BCUT2D eigenvalue weighted by molar-refractivity contribution is -0.123. The molecule has 1 N–H and O–H groups in total. The van der Waals surface area contributed by atoms with E-state index in [1.807, 2.05) is 36.4 Å². The van der Waals surface area contributed by atoms with Gasteiger partial charge in [-0.05, 0) is 55.0 Å². The lowest BCUT2D eigenvalue weighted by Gasteiger charge is -2.24. The minimum Gasteiger partial charge on any atom is -0.484 e. The first-order valence-electron chi connectivity index (χ1n) is 8.30. The summed E-state index contributed by atoms with van der Waals surface area (Å²) in [6.07, 6.45) is 7.93. The first-order valence-corrected chi connectivity index (χ1v) is 8.30. The van der Waals surface area contributed by atoms with Gasteiger partial charge in [0, 0.05) is 6.04 Å². The van der Waals surface area contributed by atoms with E-state index in [4.69, 9.17) is 4.74 Å². The zero-order valence-electron chi connectivity index (χ0n) is 13.5. The minimum atomic E-state index is -0.0652. The molecule has 0 heterocycles. The number of carbonyl (C=O) groups excluding carboxylic acids is 1. The van der Waals surface area contributed by atoms with Crippen LogP contribution in [0.15, 0.2) is 54.6 Å². The molecule has 0 aromatic heterocycles. The van der Waals surface area contributed by atoms with Crippen molar-refractivity contribution < 1.29 is 9.53 Å². The van der Waals surface area contributed by atoms with Crippen LogP contribution in [-0.4, -0.2) is 18.6 Å². The lowest BCUT2D eigenvalue weighted by atomic mass is 9.90. The van der Waals surface area contributed by atoms with Gasteiger partial charge in [0.15, 0.2) is 6.61 Å². The Bertz CT molecular complexity index is 708. The van der Waals surface area contributed by atoms with Gasteiger partial charge < -0.3 is 10.1 Å². The van der Waals surface area contributed by atoms with Crippen molar-refractivity contribution in [1.29, 1.82) is 0 Å². The van der Waals surface area contributed by atoms with Crippen molar-refractivity contribution in [3.8, 4) is 5.75 Å². The van der Waals surface area contributed by atoms with E-state index in [2.05, 4.69) is 30.5 Å². The van der Waals surface area contributed by atoms with E-state index >= 15 is 0 Å². The maximum absolute atomic E-state index is 12.1. The third-order valence-corrected chi connectivity index (χ3v) is 4.41. The van der Waals surface area contributed by atoms with Crippen molar-refractivity contribution in [3.05, 3.63) is 54.6 Å². The number of nitrogens with one attached hydrogen (secondary N) is 1. The van der Waals surface area contributed by atoms with E-state index in [1.165, 1.54) is 11.8 Å². The van der Waals surface area contributed by atoms with Crippen molar-refractivity contribution in [2.24, 2.45) is 5.92 Å². The predicted octanol–water partition coefficient (Wildman–Crippen LogP) is 4.08. The van der Waals surface area contributed by atoms with E-state index in [0.717, 1.165) is 24.0 Å². The largest absolute Gasteiger partial charge is 0.484 e. The second-order valence-corrected chi connectivity index (χ2v) is 6.18. The van der Waals surface area contributed by atoms with Gasteiger partial charge in [0.2, 0.25) is 0 Å². The molecule has 2 aromatic carbocycles. The van der Waals surface area contributed by atoms with Crippen LogP contribution in [0.1, 0.15) is 26.2 Å². The molecule has 0 saturated heterocycles. The molecule has 1 aliphatic rings. The second-order valence-electron chi connectivity index (χ2n) is 6.18. The number of amides is 1. The number of hydrogen-bond acceptors (Lipinski definition) is 2. The summed E-state index contributed by atoms with van der Waals surface area (Å²) in [4.78, 5) is 12.1. The summed E-state index contributed by atoms with van der Waals surface area (Å²) in [6.45, 7) is 2.12. The number of ether oxygens (including phenoxy) is 1. The molecule has 0 bridgehead atoms. The van der Waals surface area contributed by atoms with E-state index in [1.54, 1.807) is 0 Å². The lowest BCUT2D eigenvalue weighted by Crippen LogP contribution is -2.40.